The van der Waals surface area contributed by atoms with E-state index in [1.165, 1.54) is 18.2 Å². The van der Waals surface area contributed by atoms with Crippen molar-refractivity contribution >= 4 is 5.69 Å². The first-order chi connectivity index (χ1) is 6.11. The smallest absolute Gasteiger partial charge is 0.277 e. The van der Waals surface area contributed by atoms with Gasteiger partial charge < -0.3 is 10.4 Å². The molecule has 0 saturated carbocycles. The summed E-state index contributed by atoms with van der Waals surface area (Å²) in [5.41, 5.74) is 0.0532. The number of aromatic hydroxyl groups is 1. The Bertz CT molecular complexity index is 338. The Balaban J connectivity index is 2.58. The molecule has 70 valence electrons. The van der Waals surface area contributed by atoms with Gasteiger partial charge in [0.05, 0.1) is 5.69 Å². The number of phenolic OH excluding ortho intramolecular Hbond substituents is 1. The van der Waals surface area contributed by atoms with Gasteiger partial charge in [-0.2, -0.15) is 0 Å². The van der Waals surface area contributed by atoms with Crippen molar-refractivity contribution in [3.8, 4) is 5.75 Å². The number of anilines is 1. The van der Waals surface area contributed by atoms with Crippen LogP contribution in [0, 0.1) is 0 Å². The largest absolute Gasteiger partial charge is 0.506 e. The van der Waals surface area contributed by atoms with Crippen LogP contribution < -0.4 is 5.32 Å². The molecule has 0 radical (unpaired) electrons. The Morgan fingerprint density at radius 3 is 2.85 bits per heavy atom. The van der Waals surface area contributed by atoms with E-state index >= 15 is 0 Å². The molecule has 4 heteroatoms. The fraction of sp³-hybridized carbons (Fsp3) is 0.333. The van der Waals surface area contributed by atoms with Crippen molar-refractivity contribution in [1.82, 2.24) is 0 Å². The third-order valence-corrected chi connectivity index (χ3v) is 2.18. The predicted molar refractivity (Wildman–Crippen MR) is 45.1 cm³/mol. The molecule has 1 aromatic carbocycles. The molecule has 0 saturated heterocycles. The zero-order valence-electron chi connectivity index (χ0n) is 6.85. The van der Waals surface area contributed by atoms with E-state index in [1.807, 2.05) is 0 Å². The third-order valence-electron chi connectivity index (χ3n) is 2.18. The molecular weight excluding hydrogens is 176 g/mol. The van der Waals surface area contributed by atoms with Gasteiger partial charge in [0.15, 0.2) is 0 Å². The predicted octanol–water partition coefficient (Wildman–Crippen LogP) is 2.30. The minimum absolute atomic E-state index is 0.112. The SMILES string of the molecule is Oc1cccc2c1NCCC2(F)F. The lowest BCUT2D eigenvalue weighted by atomic mass is 9.99. The van der Waals surface area contributed by atoms with Gasteiger partial charge in [-0.3, -0.25) is 0 Å². The average Bonchev–Trinajstić information content (AvgIpc) is 2.06. The second-order valence-electron chi connectivity index (χ2n) is 3.08. The summed E-state index contributed by atoms with van der Waals surface area (Å²) >= 11 is 0. The molecule has 1 aliphatic heterocycles. The topological polar surface area (TPSA) is 32.3 Å². The molecule has 0 aromatic heterocycles. The molecule has 2 rings (SSSR count). The molecule has 0 bridgehead atoms. The van der Waals surface area contributed by atoms with Crippen LogP contribution in [0.4, 0.5) is 14.5 Å². The van der Waals surface area contributed by atoms with E-state index < -0.39 is 5.92 Å². The van der Waals surface area contributed by atoms with Crippen molar-refractivity contribution in [2.75, 3.05) is 11.9 Å². The van der Waals surface area contributed by atoms with Crippen LogP contribution in [0.25, 0.3) is 0 Å². The van der Waals surface area contributed by atoms with E-state index in [0.29, 0.717) is 0 Å². The van der Waals surface area contributed by atoms with Crippen molar-refractivity contribution in [2.24, 2.45) is 0 Å². The van der Waals surface area contributed by atoms with E-state index in [2.05, 4.69) is 5.32 Å². The number of fused-ring (bicyclic) bond motifs is 1. The summed E-state index contributed by atoms with van der Waals surface area (Å²) in [5.74, 6) is -2.93. The highest BCUT2D eigenvalue weighted by Crippen LogP contribution is 2.43. The Hall–Kier alpha value is -1.32. The van der Waals surface area contributed by atoms with Crippen molar-refractivity contribution in [3.05, 3.63) is 23.8 Å². The zero-order valence-corrected chi connectivity index (χ0v) is 6.85. The summed E-state index contributed by atoms with van der Waals surface area (Å²) in [6.07, 6.45) is -0.219. The van der Waals surface area contributed by atoms with E-state index in [4.69, 9.17) is 0 Å². The van der Waals surface area contributed by atoms with Gasteiger partial charge in [0.1, 0.15) is 5.75 Å². The van der Waals surface area contributed by atoms with Crippen LogP contribution in [0.3, 0.4) is 0 Å². The summed E-state index contributed by atoms with van der Waals surface area (Å²) in [6, 6.07) is 4.16. The van der Waals surface area contributed by atoms with Crippen LogP contribution in [-0.4, -0.2) is 11.7 Å². The normalized spacial score (nSPS) is 18.9. The number of nitrogens with one attached hydrogen (secondary N) is 1. The minimum Gasteiger partial charge on any atom is -0.506 e. The summed E-state index contributed by atoms with van der Waals surface area (Å²) in [6.45, 7) is 0.192. The highest BCUT2D eigenvalue weighted by atomic mass is 19.3. The maximum absolute atomic E-state index is 13.2. The number of halogens is 2. The van der Waals surface area contributed by atoms with E-state index in [-0.39, 0.29) is 30.0 Å². The Morgan fingerprint density at radius 2 is 2.15 bits per heavy atom. The standard InChI is InChI=1S/C9H9F2NO/c10-9(11)4-5-12-8-6(9)2-1-3-7(8)13/h1-3,12-13H,4-5H2. The molecule has 0 spiro atoms. The molecule has 0 aliphatic carbocycles. The maximum atomic E-state index is 13.2. The lowest BCUT2D eigenvalue weighted by Gasteiger charge is -2.26. The highest BCUT2D eigenvalue weighted by molar-refractivity contribution is 5.64. The molecule has 2 N–H and O–H groups in total. The van der Waals surface area contributed by atoms with Gasteiger partial charge in [-0.15, -0.1) is 0 Å². The monoisotopic (exact) mass is 185 g/mol. The first kappa shape index (κ1) is 8.29. The van der Waals surface area contributed by atoms with E-state index in [9.17, 15) is 13.9 Å². The number of rotatable bonds is 0. The van der Waals surface area contributed by atoms with Crippen molar-refractivity contribution in [1.29, 1.82) is 0 Å². The van der Waals surface area contributed by atoms with Gasteiger partial charge >= 0.3 is 0 Å². The summed E-state index contributed by atoms with van der Waals surface area (Å²) in [4.78, 5) is 0. The van der Waals surface area contributed by atoms with Crippen molar-refractivity contribution in [3.63, 3.8) is 0 Å². The molecule has 1 heterocycles. The number of hydrogen-bond donors (Lipinski definition) is 2. The molecule has 0 unspecified atom stereocenters. The maximum Gasteiger partial charge on any atom is 0.277 e. The average molecular weight is 185 g/mol. The Kier molecular flexibility index (Phi) is 1.65. The summed E-state index contributed by atoms with van der Waals surface area (Å²) < 4.78 is 26.5. The van der Waals surface area contributed by atoms with Gasteiger partial charge in [0.2, 0.25) is 0 Å². The lowest BCUT2D eigenvalue weighted by molar-refractivity contribution is -0.0124. The number of para-hydroxylation sites is 1. The first-order valence-corrected chi connectivity index (χ1v) is 4.05. The van der Waals surface area contributed by atoms with Crippen LogP contribution in [0.5, 0.6) is 5.75 Å². The molecule has 2 nitrogen and oxygen atoms in total. The molecule has 0 amide bonds. The van der Waals surface area contributed by atoms with Crippen molar-refractivity contribution in [2.45, 2.75) is 12.3 Å². The van der Waals surface area contributed by atoms with Gasteiger partial charge in [0, 0.05) is 18.5 Å². The van der Waals surface area contributed by atoms with Crippen LogP contribution in [-0.2, 0) is 5.92 Å². The van der Waals surface area contributed by atoms with Crippen LogP contribution in [0.15, 0.2) is 18.2 Å². The molecule has 1 aliphatic rings. The number of hydrogen-bond acceptors (Lipinski definition) is 2. The zero-order chi connectivity index (χ0) is 9.47. The Morgan fingerprint density at radius 1 is 1.38 bits per heavy atom. The van der Waals surface area contributed by atoms with Gasteiger partial charge in [-0.05, 0) is 6.07 Å². The molecule has 13 heavy (non-hydrogen) atoms. The van der Waals surface area contributed by atoms with Crippen molar-refractivity contribution < 1.29 is 13.9 Å². The number of alkyl halides is 2. The second-order valence-corrected chi connectivity index (χ2v) is 3.08. The summed E-state index contributed by atoms with van der Waals surface area (Å²) in [7, 11) is 0. The third kappa shape index (κ3) is 1.22. The molecule has 1 aromatic rings. The molecule has 0 fully saturated rings. The summed E-state index contributed by atoms with van der Waals surface area (Å²) in [5, 5.41) is 12.0. The lowest BCUT2D eigenvalue weighted by Crippen LogP contribution is -2.25. The quantitative estimate of drug-likeness (QED) is 0.608. The highest BCUT2D eigenvalue weighted by Gasteiger charge is 2.37. The van der Waals surface area contributed by atoms with Gasteiger partial charge in [0.25, 0.3) is 5.92 Å². The van der Waals surface area contributed by atoms with E-state index in [1.54, 1.807) is 0 Å². The number of phenols is 1. The molecule has 0 atom stereocenters. The second kappa shape index (κ2) is 2.58. The van der Waals surface area contributed by atoms with Crippen LogP contribution in [0.1, 0.15) is 12.0 Å². The van der Waals surface area contributed by atoms with Crippen LogP contribution >= 0.6 is 0 Å². The Labute approximate surface area is 74.2 Å². The van der Waals surface area contributed by atoms with Gasteiger partial charge in [-0.25, -0.2) is 8.78 Å². The first-order valence-electron chi connectivity index (χ1n) is 4.05. The minimum atomic E-state index is -2.82. The van der Waals surface area contributed by atoms with Gasteiger partial charge in [-0.1, -0.05) is 12.1 Å². The fourth-order valence-corrected chi connectivity index (χ4v) is 1.51. The molecular formula is C9H9F2NO. The van der Waals surface area contributed by atoms with E-state index in [0.717, 1.165) is 0 Å². The van der Waals surface area contributed by atoms with Crippen LogP contribution in [0.2, 0.25) is 0 Å². The number of benzene rings is 1. The fourth-order valence-electron chi connectivity index (χ4n) is 1.51.